The summed E-state index contributed by atoms with van der Waals surface area (Å²) < 4.78 is 15.2. The molecule has 1 aromatic carbocycles. The molecule has 1 unspecified atom stereocenters. The molecule has 4 saturated heterocycles. The van der Waals surface area contributed by atoms with Crippen molar-refractivity contribution in [1.29, 1.82) is 0 Å². The Balaban J connectivity index is 1.62. The Hall–Kier alpha value is -10.8. The van der Waals surface area contributed by atoms with Crippen LogP contribution < -0.4 is 112 Å². The average Bonchev–Trinajstić information content (AvgIpc) is 1.78. The van der Waals surface area contributed by atoms with Gasteiger partial charge in [0.05, 0.1) is 36.7 Å². The Morgan fingerprint density at radius 2 is 1.01 bits per heavy atom. The van der Waals surface area contributed by atoms with Crippen molar-refractivity contribution in [2.24, 2.45) is 41.1 Å². The van der Waals surface area contributed by atoms with Crippen LogP contribution in [0.3, 0.4) is 0 Å². The van der Waals surface area contributed by atoms with E-state index in [1.54, 1.807) is 78.9 Å². The fourth-order valence-corrected chi connectivity index (χ4v) is 19.7. The van der Waals surface area contributed by atoms with E-state index in [1.165, 1.54) is 48.5 Å². The minimum Gasteiger partial charge on any atom is -0.481 e. The van der Waals surface area contributed by atoms with E-state index >= 15 is 56.9 Å². The quantitative estimate of drug-likeness (QED) is 0.0344. The third kappa shape index (κ3) is 35.6. The topological polar surface area (TPSA) is 695 Å². The summed E-state index contributed by atoms with van der Waals surface area (Å²) in [7, 11) is -2.50. The molecule has 2 aromatic rings. The smallest absolute Gasteiger partial charge is 0.303 e. The van der Waals surface area contributed by atoms with Gasteiger partial charge in [-0.1, -0.05) is 133 Å². The fraction of sp³-hybridized carbons (Fsp3) is 0.682. The number of thioether (sulfide) groups is 3. The van der Waals surface area contributed by atoms with Gasteiger partial charge in [-0.3, -0.25) is 100 Å². The van der Waals surface area contributed by atoms with Gasteiger partial charge in [-0.25, -0.2) is 0 Å². The van der Waals surface area contributed by atoms with Crippen molar-refractivity contribution in [3.63, 3.8) is 0 Å². The number of nitrogens with one attached hydrogen (secondary N) is 20. The molecule has 0 aliphatic carbocycles. The lowest BCUT2D eigenvalue weighted by Crippen LogP contribution is -2.63. The van der Waals surface area contributed by atoms with Crippen LogP contribution in [0.1, 0.15) is 167 Å². The summed E-state index contributed by atoms with van der Waals surface area (Å²) in [5, 5.41) is 65.9. The maximum Gasteiger partial charge on any atom is 0.303 e. The van der Waals surface area contributed by atoms with E-state index in [0.717, 1.165) is 42.8 Å². The molecule has 4 fully saturated rings. The van der Waals surface area contributed by atoms with Crippen molar-refractivity contribution >= 4 is 175 Å². The van der Waals surface area contributed by atoms with Gasteiger partial charge < -0.3 is 128 Å². The van der Waals surface area contributed by atoms with Gasteiger partial charge in [-0.15, -0.1) is 0 Å². The van der Waals surface area contributed by atoms with Gasteiger partial charge in [0, 0.05) is 80.8 Å². The van der Waals surface area contributed by atoms with E-state index in [-0.39, 0.29) is 32.2 Å². The number of aliphatic carboxylic acids is 1. The first-order chi connectivity index (χ1) is 64.7. The van der Waals surface area contributed by atoms with Crippen LogP contribution in [0, 0.1) is 29.6 Å². The molecule has 4 aliphatic rings. The third-order valence-electron chi connectivity index (χ3n) is 24.0. The van der Waals surface area contributed by atoms with Crippen LogP contribution in [-0.2, 0) is 113 Å². The fourth-order valence-electron chi connectivity index (χ4n) is 15.1. The summed E-state index contributed by atoms with van der Waals surface area (Å²) in [5.74, 6) is -29.0. The summed E-state index contributed by atoms with van der Waals surface area (Å²) >= 11 is 2.18. The second-order valence-corrected chi connectivity index (χ2v) is 41.8. The van der Waals surface area contributed by atoms with Gasteiger partial charge in [0.25, 0.3) is 0 Å². The molecule has 49 heteroatoms. The molecule has 0 radical (unpaired) electrons. The third-order valence-corrected chi connectivity index (χ3v) is 29.5. The monoisotopic (exact) mass is 2000 g/mol. The second-order valence-electron chi connectivity index (χ2n) is 36.1. The number of rotatable bonds is 24. The number of nitrogens with two attached hydrogens (primary N) is 2. The molecule has 764 valence electrons. The normalized spacial score (nSPS) is 29.3. The van der Waals surface area contributed by atoms with Crippen LogP contribution >= 0.6 is 35.3 Å². The lowest BCUT2D eigenvalue weighted by atomic mass is 9.96. The van der Waals surface area contributed by atoms with E-state index in [1.807, 2.05) is 0 Å². The molecule has 6 rings (SSSR count). The van der Waals surface area contributed by atoms with Crippen LogP contribution in [0.15, 0.2) is 30.5 Å². The van der Waals surface area contributed by atoms with Crippen molar-refractivity contribution in [3.05, 3.63) is 36.0 Å². The van der Waals surface area contributed by atoms with Crippen molar-refractivity contribution in [3.8, 4) is 0 Å². The van der Waals surface area contributed by atoms with E-state index < -0.39 is 338 Å². The molecule has 26 N–H and O–H groups in total. The standard InChI is InChI=1S/C88H140N22O23S4/c1-15-44(9)67-84(128)97-54(26-27-64(114)115)77(121)100-59-38-135-47(12)69(110-81(125)58-37-134-36-52(90)73(117)99-57(35-111)74(118)93-33-62(112)96-56(79(123)105-65(42(5)6)82(126)101-58)31-50-32-92-53-25-21-20-24-51(50)53)86(130)98-55(30-41(3)4)78(122)109-70(87(131)108-67)48(13)136-39-60-80(124)95-46(11)72(116)103-61(76(120)91-29-23-19-17-18-22-28-89)40-137(133)49(14)71(104-63(113)34-94-75(59)119)88(132)106-66(43(7)8)83(127)107-68(45(10)16-2)85(129)102-60/h20-21,24-25,32,41-49,52,54-61,65-71,92,111H,15-19,22-23,26-31,33-40,89-90H2,1-14H3,(H,91,120)(H,93,118)(H,94,119)(H,95,124)(H,96,112)(H,97,128)(H,98,130)(H,99,117)(H,100,121)(H,101,126)(H,102,129)(H,103,116)(H,104,113)(H,105,123)(H,106,132)(H,107,127)(H,108,131)(H,109,122)(H,110,125)(H,114,115)/t44-,45-,46-,47-,48-,49-,52-,54-,55-,56-,57-,58-,59-,60-,61-,65-,66-,67-,68-,69+,70+,71-,137?/m0/s1. The summed E-state index contributed by atoms with van der Waals surface area (Å²) in [6, 6.07) is -22.6. The zero-order valence-electron chi connectivity index (χ0n) is 79.9. The van der Waals surface area contributed by atoms with Gasteiger partial charge in [-0.05, 0) is 87.3 Å². The molecule has 19 amide bonds. The number of benzene rings is 1. The number of amides is 19. The van der Waals surface area contributed by atoms with Gasteiger partial charge in [0.2, 0.25) is 112 Å². The van der Waals surface area contributed by atoms with E-state index in [2.05, 4.69) is 106 Å². The second kappa shape index (κ2) is 56.3. The molecule has 4 bridgehead atoms. The van der Waals surface area contributed by atoms with Gasteiger partial charge >= 0.3 is 5.97 Å². The molecule has 23 atom stereocenters. The minimum absolute atomic E-state index is 0.0562. The summed E-state index contributed by atoms with van der Waals surface area (Å²) in [6.07, 6.45) is 3.27. The van der Waals surface area contributed by atoms with E-state index in [4.69, 9.17) is 11.5 Å². The Labute approximate surface area is 811 Å². The Kier molecular flexibility index (Phi) is 47.3. The largest absolute Gasteiger partial charge is 0.481 e. The number of carbonyl (C=O) groups is 20. The lowest BCUT2D eigenvalue weighted by molar-refractivity contribution is -0.139. The van der Waals surface area contributed by atoms with Crippen molar-refractivity contribution in [2.45, 2.75) is 286 Å². The zero-order chi connectivity index (χ0) is 102. The average molecular weight is 2000 g/mol. The molecule has 0 spiro atoms. The summed E-state index contributed by atoms with van der Waals surface area (Å²) in [6.45, 7) is 18.8. The van der Waals surface area contributed by atoms with Crippen molar-refractivity contribution in [1.82, 2.24) is 106 Å². The number of para-hydroxylation sites is 1. The maximum absolute atomic E-state index is 15.9. The van der Waals surface area contributed by atoms with Crippen LogP contribution in [-0.4, -0.2) is 318 Å². The molecule has 5 heterocycles. The SMILES string of the molecule is CC[C@H](C)[C@@H]1NC(=O)[C@H](C(C)C)NC(=O)[C@H]2NC(=O)CNC(=O)[C@@H]3CS[C@@H](C)[C@@H](NC(=O)[C@@H]4CSC[C@H](N)C(=O)N[C@@H](CO)C(=O)NCC(=O)N[C@@H](Cc5c[nH]c6ccccc56)C(=O)N[C@@H](C(C)C)C(=O)N4)C(=O)N[C@@H](CC(C)C)C(=O)N[C@@H](C(=O)N[C@@H]([C@@H](C)CC)C(=O)N[C@@H](CCC(=O)O)C(=O)N3)[C@H](C)SC[C@H](NC1=O)C(=O)N[C@@H](C)C(=O)N[C@H](C(=O)NCCCCCCCN)CS(=O)[C@H]2C. The first-order valence-electron chi connectivity index (χ1n) is 46.4. The van der Waals surface area contributed by atoms with E-state index in [0.29, 0.717) is 47.6 Å². The van der Waals surface area contributed by atoms with Crippen molar-refractivity contribution < 1.29 is 110 Å². The number of aromatic nitrogens is 1. The van der Waals surface area contributed by atoms with Gasteiger partial charge in [0.15, 0.2) is 0 Å². The molecule has 4 aliphatic heterocycles. The number of H-pyrrole nitrogens is 1. The minimum atomic E-state index is -2.50. The first-order valence-corrected chi connectivity index (χ1v) is 51.0. The number of aliphatic hydroxyl groups is 1. The molecule has 0 saturated carbocycles. The number of carboxylic acid groups (broad SMARTS) is 1. The van der Waals surface area contributed by atoms with Gasteiger partial charge in [-0.2, -0.15) is 35.3 Å². The molecule has 1 aromatic heterocycles. The predicted octanol–water partition coefficient (Wildman–Crippen LogP) is -5.45. The number of unbranched alkanes of at least 4 members (excludes halogenated alkanes) is 4. The number of carbonyl (C=O) groups excluding carboxylic acids is 19. The molecule has 45 nitrogen and oxygen atoms in total. The van der Waals surface area contributed by atoms with Gasteiger partial charge in [0.1, 0.15) is 96.7 Å². The number of hydrogen-bond donors (Lipinski definition) is 24. The highest BCUT2D eigenvalue weighted by Crippen LogP contribution is 2.26. The highest BCUT2D eigenvalue weighted by Gasteiger charge is 2.45. The summed E-state index contributed by atoms with van der Waals surface area (Å²) in [4.78, 5) is 300. The lowest BCUT2D eigenvalue weighted by Gasteiger charge is -2.32. The highest BCUT2D eigenvalue weighted by molar-refractivity contribution is 8.00. The van der Waals surface area contributed by atoms with E-state index in [9.17, 15) is 53.4 Å². The highest BCUT2D eigenvalue weighted by atomic mass is 32.2. The number of fused-ring (bicyclic) bond motifs is 19. The summed E-state index contributed by atoms with van der Waals surface area (Å²) in [5.41, 5.74) is 13.3. The number of hydrogen-bond acceptors (Lipinski definition) is 27. The number of carboxylic acids is 1. The van der Waals surface area contributed by atoms with Crippen LogP contribution in [0.25, 0.3) is 10.9 Å². The molecular weight excluding hydrogens is 1860 g/mol. The Morgan fingerprint density at radius 1 is 0.496 bits per heavy atom. The van der Waals surface area contributed by atoms with Crippen molar-refractivity contribution in [2.75, 3.05) is 61.6 Å². The Morgan fingerprint density at radius 3 is 1.64 bits per heavy atom. The first kappa shape index (κ1) is 115. The van der Waals surface area contributed by atoms with Crippen LogP contribution in [0.2, 0.25) is 0 Å². The predicted molar refractivity (Wildman–Crippen MR) is 513 cm³/mol. The maximum atomic E-state index is 15.9. The molecule has 137 heavy (non-hydrogen) atoms. The molecular formula is C88H140N22O23S4. The number of aromatic amines is 1. The van der Waals surface area contributed by atoms with Crippen LogP contribution in [0.4, 0.5) is 0 Å². The number of aliphatic hydroxyl groups excluding tert-OH is 1. The zero-order valence-corrected chi connectivity index (χ0v) is 83.2. The van der Waals surface area contributed by atoms with Crippen LogP contribution in [0.5, 0.6) is 0 Å². The Bertz CT molecular complexity index is 4630.